The molecule has 1 aromatic heterocycles. The lowest BCUT2D eigenvalue weighted by molar-refractivity contribution is -0.113. The molecule has 1 N–H and O–H groups in total. The molecule has 0 saturated carbocycles. The van der Waals surface area contributed by atoms with Crippen LogP contribution in [0.4, 0.5) is 5.69 Å². The molecule has 1 amide bonds. The molecule has 0 bridgehead atoms. The minimum Gasteiger partial charge on any atom is -0.482 e. The number of carbonyl (C=O) groups excluding carboxylic acids is 1. The number of benzene rings is 2. The molecule has 0 aliphatic rings. The number of hydrogen-bond acceptors (Lipinski definition) is 6. The van der Waals surface area contributed by atoms with Gasteiger partial charge in [-0.1, -0.05) is 47.1 Å². The summed E-state index contributed by atoms with van der Waals surface area (Å²) in [6, 6.07) is 12.4. The van der Waals surface area contributed by atoms with Crippen molar-refractivity contribution in [2.45, 2.75) is 18.8 Å². The van der Waals surface area contributed by atoms with Crippen LogP contribution < -0.4 is 10.1 Å². The third kappa shape index (κ3) is 5.63. The van der Waals surface area contributed by atoms with Crippen molar-refractivity contribution in [1.82, 2.24) is 10.2 Å². The fourth-order valence-electron chi connectivity index (χ4n) is 2.14. The maximum absolute atomic E-state index is 12.1. The molecule has 9 heteroatoms. The van der Waals surface area contributed by atoms with E-state index in [1.54, 1.807) is 30.3 Å². The summed E-state index contributed by atoms with van der Waals surface area (Å²) in [7, 11) is 0. The highest BCUT2D eigenvalue weighted by Gasteiger charge is 2.12. The van der Waals surface area contributed by atoms with Crippen LogP contribution in [-0.4, -0.2) is 21.9 Å². The zero-order valence-corrected chi connectivity index (χ0v) is 16.6. The third-order valence-electron chi connectivity index (χ3n) is 3.43. The largest absolute Gasteiger partial charge is 0.482 e. The molecule has 0 aliphatic heterocycles. The van der Waals surface area contributed by atoms with E-state index < -0.39 is 0 Å². The van der Waals surface area contributed by atoms with Crippen molar-refractivity contribution in [3.8, 4) is 5.75 Å². The summed E-state index contributed by atoms with van der Waals surface area (Å²) < 4.78 is 11.0. The first-order chi connectivity index (χ1) is 13.0. The SMILES string of the molecule is Cc1cc(Cl)ccc1NC(=O)CSc1nnc(COc2ccccc2Cl)o1. The van der Waals surface area contributed by atoms with E-state index in [1.807, 2.05) is 19.1 Å². The Kier molecular flexibility index (Phi) is 6.60. The van der Waals surface area contributed by atoms with Crippen LogP contribution in [0.1, 0.15) is 11.5 Å². The van der Waals surface area contributed by atoms with Crippen LogP contribution >= 0.6 is 35.0 Å². The molecule has 27 heavy (non-hydrogen) atoms. The van der Waals surface area contributed by atoms with Crippen molar-refractivity contribution in [2.24, 2.45) is 0 Å². The minimum atomic E-state index is -0.183. The van der Waals surface area contributed by atoms with Crippen LogP contribution in [0.5, 0.6) is 5.75 Å². The van der Waals surface area contributed by atoms with Crippen LogP contribution in [0.15, 0.2) is 52.1 Å². The Hall–Kier alpha value is -2.22. The fraction of sp³-hybridized carbons (Fsp3) is 0.167. The Bertz CT molecular complexity index is 949. The second-order valence-corrected chi connectivity index (χ2v) is 7.25. The van der Waals surface area contributed by atoms with Gasteiger partial charge in [0.2, 0.25) is 5.91 Å². The Morgan fingerprint density at radius 3 is 2.81 bits per heavy atom. The summed E-state index contributed by atoms with van der Waals surface area (Å²) in [5, 5.41) is 12.0. The van der Waals surface area contributed by atoms with E-state index in [1.165, 1.54) is 0 Å². The van der Waals surface area contributed by atoms with Gasteiger partial charge in [0.1, 0.15) is 5.75 Å². The van der Waals surface area contributed by atoms with Crippen LogP contribution in [-0.2, 0) is 11.4 Å². The van der Waals surface area contributed by atoms with Gasteiger partial charge in [-0.15, -0.1) is 10.2 Å². The summed E-state index contributed by atoms with van der Waals surface area (Å²) in [5.41, 5.74) is 1.60. The Morgan fingerprint density at radius 1 is 1.22 bits per heavy atom. The number of thioether (sulfide) groups is 1. The van der Waals surface area contributed by atoms with Gasteiger partial charge in [0.25, 0.3) is 11.1 Å². The number of aryl methyl sites for hydroxylation is 1. The summed E-state index contributed by atoms with van der Waals surface area (Å²) in [6.07, 6.45) is 0. The standard InChI is InChI=1S/C18H15Cl2N3O3S/c1-11-8-12(19)6-7-14(11)21-16(24)10-27-18-23-22-17(26-18)9-25-15-5-3-2-4-13(15)20/h2-8H,9-10H2,1H3,(H,21,24). The first-order valence-corrected chi connectivity index (χ1v) is 9.64. The Morgan fingerprint density at radius 2 is 2.04 bits per heavy atom. The average molecular weight is 424 g/mol. The summed E-state index contributed by atoms with van der Waals surface area (Å²) in [6.45, 7) is 1.96. The molecule has 3 rings (SSSR count). The first-order valence-electron chi connectivity index (χ1n) is 7.90. The predicted octanol–water partition coefficient (Wildman–Crippen LogP) is 4.99. The van der Waals surface area contributed by atoms with Gasteiger partial charge in [-0.25, -0.2) is 0 Å². The monoisotopic (exact) mass is 423 g/mol. The molecule has 1 heterocycles. The highest BCUT2D eigenvalue weighted by atomic mass is 35.5. The number of ether oxygens (including phenoxy) is 1. The van der Waals surface area contributed by atoms with Crippen molar-refractivity contribution in [1.29, 1.82) is 0 Å². The van der Waals surface area contributed by atoms with Gasteiger partial charge >= 0.3 is 0 Å². The lowest BCUT2D eigenvalue weighted by Gasteiger charge is -2.07. The fourth-order valence-corrected chi connectivity index (χ4v) is 3.13. The molecule has 0 fully saturated rings. The van der Waals surface area contributed by atoms with Crippen molar-refractivity contribution in [3.63, 3.8) is 0 Å². The number of nitrogens with one attached hydrogen (secondary N) is 1. The molecule has 3 aromatic rings. The predicted molar refractivity (Wildman–Crippen MR) is 106 cm³/mol. The topological polar surface area (TPSA) is 77.2 Å². The highest BCUT2D eigenvalue weighted by molar-refractivity contribution is 7.99. The molecule has 2 aromatic carbocycles. The molecule has 0 aliphatic carbocycles. The maximum atomic E-state index is 12.1. The van der Waals surface area contributed by atoms with Crippen LogP contribution in [0, 0.1) is 6.92 Å². The smallest absolute Gasteiger partial charge is 0.277 e. The molecular formula is C18H15Cl2N3O3S. The molecule has 0 atom stereocenters. The van der Waals surface area contributed by atoms with E-state index in [9.17, 15) is 4.79 Å². The zero-order chi connectivity index (χ0) is 19.2. The number of hydrogen-bond donors (Lipinski definition) is 1. The van der Waals surface area contributed by atoms with E-state index >= 15 is 0 Å². The number of carbonyl (C=O) groups is 1. The average Bonchev–Trinajstić information content (AvgIpc) is 3.10. The van der Waals surface area contributed by atoms with Crippen molar-refractivity contribution in [3.05, 3.63) is 64.0 Å². The number of rotatable bonds is 7. The molecule has 0 spiro atoms. The number of anilines is 1. The van der Waals surface area contributed by atoms with E-state index in [4.69, 9.17) is 32.4 Å². The summed E-state index contributed by atoms with van der Waals surface area (Å²) >= 11 is 13.1. The van der Waals surface area contributed by atoms with Gasteiger partial charge < -0.3 is 14.5 Å². The number of amides is 1. The second kappa shape index (κ2) is 9.12. The lowest BCUT2D eigenvalue weighted by Crippen LogP contribution is -2.14. The quantitative estimate of drug-likeness (QED) is 0.539. The van der Waals surface area contributed by atoms with Gasteiger partial charge in [0.05, 0.1) is 10.8 Å². The molecule has 140 valence electrons. The van der Waals surface area contributed by atoms with Crippen LogP contribution in [0.25, 0.3) is 0 Å². The third-order valence-corrected chi connectivity index (χ3v) is 4.79. The van der Waals surface area contributed by atoms with E-state index in [2.05, 4.69) is 15.5 Å². The number of para-hydroxylation sites is 1. The minimum absolute atomic E-state index is 0.0907. The summed E-state index contributed by atoms with van der Waals surface area (Å²) in [4.78, 5) is 12.1. The molecular weight excluding hydrogens is 409 g/mol. The maximum Gasteiger partial charge on any atom is 0.277 e. The lowest BCUT2D eigenvalue weighted by atomic mass is 10.2. The van der Waals surface area contributed by atoms with Crippen molar-refractivity contribution in [2.75, 3.05) is 11.1 Å². The normalized spacial score (nSPS) is 10.6. The number of halogens is 2. The second-order valence-electron chi connectivity index (χ2n) is 5.48. The molecule has 0 radical (unpaired) electrons. The van der Waals surface area contributed by atoms with E-state index in [-0.39, 0.29) is 23.5 Å². The highest BCUT2D eigenvalue weighted by Crippen LogP contribution is 2.25. The van der Waals surface area contributed by atoms with E-state index in [0.717, 1.165) is 17.3 Å². The van der Waals surface area contributed by atoms with Gasteiger partial charge in [-0.05, 0) is 42.8 Å². The van der Waals surface area contributed by atoms with Crippen LogP contribution in [0.2, 0.25) is 10.0 Å². The van der Waals surface area contributed by atoms with E-state index in [0.29, 0.717) is 27.4 Å². The molecule has 6 nitrogen and oxygen atoms in total. The van der Waals surface area contributed by atoms with Gasteiger partial charge in [0, 0.05) is 10.7 Å². The molecule has 0 saturated heterocycles. The number of aromatic nitrogens is 2. The van der Waals surface area contributed by atoms with Crippen LogP contribution in [0.3, 0.4) is 0 Å². The molecule has 0 unspecified atom stereocenters. The zero-order valence-electron chi connectivity index (χ0n) is 14.2. The first kappa shape index (κ1) is 19.5. The van der Waals surface area contributed by atoms with Gasteiger partial charge in [0.15, 0.2) is 6.61 Å². The van der Waals surface area contributed by atoms with Gasteiger partial charge in [-0.2, -0.15) is 0 Å². The van der Waals surface area contributed by atoms with Crippen molar-refractivity contribution < 1.29 is 13.9 Å². The Labute approximate surface area is 170 Å². The number of nitrogens with zero attached hydrogens (tertiary/aromatic N) is 2. The summed E-state index contributed by atoms with van der Waals surface area (Å²) in [5.74, 6) is 0.780. The van der Waals surface area contributed by atoms with Gasteiger partial charge in [-0.3, -0.25) is 4.79 Å². The van der Waals surface area contributed by atoms with Crippen molar-refractivity contribution >= 4 is 46.6 Å². The Balaban J connectivity index is 1.49.